The predicted molar refractivity (Wildman–Crippen MR) is 159 cm³/mol. The fraction of sp³-hybridized carbons (Fsp3) is 0.103. The molecule has 0 saturated carbocycles. The van der Waals surface area contributed by atoms with Crippen LogP contribution in [0.25, 0.3) is 0 Å². The van der Waals surface area contributed by atoms with Gasteiger partial charge in [0.05, 0.1) is 12.8 Å². The van der Waals surface area contributed by atoms with Crippen LogP contribution in [0.3, 0.4) is 0 Å². The molecule has 8 heteroatoms. The van der Waals surface area contributed by atoms with Crippen molar-refractivity contribution in [3.63, 3.8) is 0 Å². The first kappa shape index (κ1) is 26.5. The Morgan fingerprint density at radius 1 is 0.865 bits per heavy atom. The van der Waals surface area contributed by atoms with Gasteiger partial charge in [-0.3, -0.25) is 4.79 Å². The van der Waals surface area contributed by atoms with Gasteiger partial charge in [0.15, 0.2) is 5.11 Å². The molecule has 0 spiro atoms. The molecule has 0 saturated heterocycles. The third-order valence-electron chi connectivity index (χ3n) is 5.42. The first-order valence-electron chi connectivity index (χ1n) is 11.5. The second kappa shape index (κ2) is 12.6. The summed E-state index contributed by atoms with van der Waals surface area (Å²) in [5.41, 5.74) is 4.30. The van der Waals surface area contributed by atoms with Crippen molar-refractivity contribution in [2.75, 3.05) is 23.1 Å². The number of hydrogen-bond donors (Lipinski definition) is 3. The fourth-order valence-corrected chi connectivity index (χ4v) is 5.08. The van der Waals surface area contributed by atoms with E-state index >= 15 is 0 Å². The van der Waals surface area contributed by atoms with Crippen LogP contribution >= 0.6 is 35.6 Å². The molecule has 4 rings (SSSR count). The van der Waals surface area contributed by atoms with Crippen LogP contribution in [-0.4, -0.2) is 18.1 Å². The summed E-state index contributed by atoms with van der Waals surface area (Å²) >= 11 is 13.1. The molecule has 1 amide bonds. The molecule has 0 fully saturated rings. The minimum atomic E-state index is -0.516. The number of thioether (sulfide) groups is 1. The first-order chi connectivity index (χ1) is 17.9. The van der Waals surface area contributed by atoms with Gasteiger partial charge >= 0.3 is 0 Å². The number of anilines is 3. The van der Waals surface area contributed by atoms with E-state index in [4.69, 9.17) is 28.6 Å². The van der Waals surface area contributed by atoms with Gasteiger partial charge in [0.2, 0.25) is 5.91 Å². The Morgan fingerprint density at radius 3 is 2.32 bits per heavy atom. The van der Waals surface area contributed by atoms with Crippen LogP contribution in [0.4, 0.5) is 17.1 Å². The molecule has 0 radical (unpaired) electrons. The number of benzene rings is 4. The molecule has 0 heterocycles. The number of halogens is 1. The van der Waals surface area contributed by atoms with Crippen LogP contribution in [0.5, 0.6) is 5.75 Å². The summed E-state index contributed by atoms with van der Waals surface area (Å²) in [7, 11) is 1.55. The van der Waals surface area contributed by atoms with E-state index in [1.165, 1.54) is 17.3 Å². The summed E-state index contributed by atoms with van der Waals surface area (Å²) in [6, 6.07) is 30.6. The molecular formula is C29H26ClN3O2S2. The van der Waals surface area contributed by atoms with E-state index < -0.39 is 5.25 Å². The summed E-state index contributed by atoms with van der Waals surface area (Å²) in [5, 5.41) is 9.87. The fourth-order valence-electron chi connectivity index (χ4n) is 3.59. The number of hydrogen-bond acceptors (Lipinski definition) is 4. The van der Waals surface area contributed by atoms with Gasteiger partial charge in [0, 0.05) is 21.3 Å². The molecule has 0 aliphatic carbocycles. The average Bonchev–Trinajstić information content (AvgIpc) is 2.89. The van der Waals surface area contributed by atoms with Gasteiger partial charge in [-0.1, -0.05) is 65.7 Å². The van der Waals surface area contributed by atoms with Crippen molar-refractivity contribution in [2.24, 2.45) is 0 Å². The Balaban J connectivity index is 1.51. The number of aryl methyl sites for hydroxylation is 1. The predicted octanol–water partition coefficient (Wildman–Crippen LogP) is 7.94. The quantitative estimate of drug-likeness (QED) is 0.154. The van der Waals surface area contributed by atoms with Crippen LogP contribution in [0.15, 0.2) is 102 Å². The van der Waals surface area contributed by atoms with Gasteiger partial charge in [-0.25, -0.2) is 0 Å². The van der Waals surface area contributed by atoms with Crippen LogP contribution in [-0.2, 0) is 4.79 Å². The summed E-state index contributed by atoms with van der Waals surface area (Å²) in [5.74, 6) is 0.349. The van der Waals surface area contributed by atoms with Crippen molar-refractivity contribution in [2.45, 2.75) is 17.1 Å². The van der Waals surface area contributed by atoms with E-state index in [0.717, 1.165) is 21.8 Å². The summed E-state index contributed by atoms with van der Waals surface area (Å²) in [4.78, 5) is 14.4. The van der Waals surface area contributed by atoms with Crippen molar-refractivity contribution in [3.05, 3.63) is 113 Å². The minimum Gasteiger partial charge on any atom is -0.495 e. The van der Waals surface area contributed by atoms with Crippen LogP contribution < -0.4 is 20.7 Å². The molecule has 3 N–H and O–H groups in total. The van der Waals surface area contributed by atoms with Crippen LogP contribution in [0, 0.1) is 6.92 Å². The average molecular weight is 548 g/mol. The molecule has 37 heavy (non-hydrogen) atoms. The van der Waals surface area contributed by atoms with E-state index in [1.54, 1.807) is 25.3 Å². The molecule has 4 aromatic rings. The Hall–Kier alpha value is -3.52. The Morgan fingerprint density at radius 2 is 1.59 bits per heavy atom. The zero-order chi connectivity index (χ0) is 26.2. The molecule has 4 aromatic carbocycles. The number of ether oxygens (including phenoxy) is 1. The maximum absolute atomic E-state index is 13.5. The smallest absolute Gasteiger partial charge is 0.242 e. The highest BCUT2D eigenvalue weighted by Gasteiger charge is 2.23. The lowest BCUT2D eigenvalue weighted by Gasteiger charge is -2.19. The highest BCUT2D eigenvalue weighted by Crippen LogP contribution is 2.38. The molecule has 188 valence electrons. The number of rotatable bonds is 8. The van der Waals surface area contributed by atoms with E-state index in [0.29, 0.717) is 21.6 Å². The number of thiocarbonyl (C=S) groups is 1. The second-order valence-electron chi connectivity index (χ2n) is 8.22. The molecule has 0 aliphatic rings. The zero-order valence-corrected chi connectivity index (χ0v) is 22.7. The topological polar surface area (TPSA) is 62.4 Å². The Kier molecular flexibility index (Phi) is 9.06. The lowest BCUT2D eigenvalue weighted by molar-refractivity contribution is -0.115. The van der Waals surface area contributed by atoms with E-state index in [2.05, 4.69) is 16.0 Å². The van der Waals surface area contributed by atoms with Crippen molar-refractivity contribution in [3.8, 4) is 5.75 Å². The lowest BCUT2D eigenvalue weighted by Crippen LogP contribution is -2.20. The second-order valence-corrected chi connectivity index (χ2v) is 10.2. The number of methoxy groups -OCH3 is 1. The number of carbonyl (C=O) groups excluding carboxylic acids is 1. The van der Waals surface area contributed by atoms with Crippen molar-refractivity contribution in [1.29, 1.82) is 0 Å². The molecule has 5 nitrogen and oxygen atoms in total. The van der Waals surface area contributed by atoms with E-state index in [-0.39, 0.29) is 5.91 Å². The molecule has 0 aliphatic heterocycles. The first-order valence-corrected chi connectivity index (χ1v) is 13.2. The Bertz CT molecular complexity index is 1380. The SMILES string of the molecule is COc1ccc(Cl)cc1NC(=O)C(Sc1cccc(NC(=S)Nc2ccc(C)cc2)c1)c1ccccc1. The number of carbonyl (C=O) groups is 1. The highest BCUT2D eigenvalue weighted by atomic mass is 35.5. The summed E-state index contributed by atoms with van der Waals surface area (Å²) in [6.45, 7) is 2.04. The summed E-state index contributed by atoms with van der Waals surface area (Å²) in [6.07, 6.45) is 0. The zero-order valence-electron chi connectivity index (χ0n) is 20.3. The van der Waals surface area contributed by atoms with Gasteiger partial charge in [0.1, 0.15) is 11.0 Å². The van der Waals surface area contributed by atoms with Gasteiger partial charge in [-0.2, -0.15) is 0 Å². The van der Waals surface area contributed by atoms with Crippen molar-refractivity contribution >= 4 is 63.7 Å². The third kappa shape index (κ3) is 7.49. The number of amides is 1. The summed E-state index contributed by atoms with van der Waals surface area (Å²) < 4.78 is 5.40. The minimum absolute atomic E-state index is 0.188. The Labute approximate surface area is 231 Å². The van der Waals surface area contributed by atoms with Gasteiger partial charge in [0.25, 0.3) is 0 Å². The molecule has 0 bridgehead atoms. The van der Waals surface area contributed by atoms with Crippen LogP contribution in [0.2, 0.25) is 5.02 Å². The standard InChI is InChI=1S/C29H26ClN3O2S2/c1-19-11-14-22(15-12-19)31-29(36)32-23-9-6-10-24(18-23)37-27(20-7-4-3-5-8-20)28(34)33-25-17-21(30)13-16-26(25)35-2/h3-18,27H,1-2H3,(H,33,34)(H2,31,32,36). The number of nitrogens with one attached hydrogen (secondary N) is 3. The maximum Gasteiger partial charge on any atom is 0.242 e. The van der Waals surface area contributed by atoms with Crippen molar-refractivity contribution < 1.29 is 9.53 Å². The highest BCUT2D eigenvalue weighted by molar-refractivity contribution is 8.00. The molecular weight excluding hydrogens is 522 g/mol. The molecule has 1 atom stereocenters. The van der Waals surface area contributed by atoms with Gasteiger partial charge < -0.3 is 20.7 Å². The van der Waals surface area contributed by atoms with E-state index in [1.807, 2.05) is 85.8 Å². The molecule has 1 unspecified atom stereocenters. The van der Waals surface area contributed by atoms with Gasteiger partial charge in [-0.15, -0.1) is 11.8 Å². The van der Waals surface area contributed by atoms with Crippen molar-refractivity contribution in [1.82, 2.24) is 0 Å². The largest absolute Gasteiger partial charge is 0.495 e. The third-order valence-corrected chi connectivity index (χ3v) is 7.10. The molecule has 0 aromatic heterocycles. The maximum atomic E-state index is 13.5. The van der Waals surface area contributed by atoms with Gasteiger partial charge in [-0.05, 0) is 73.2 Å². The normalized spacial score (nSPS) is 11.3. The van der Waals surface area contributed by atoms with Crippen LogP contribution in [0.1, 0.15) is 16.4 Å². The van der Waals surface area contributed by atoms with E-state index in [9.17, 15) is 4.79 Å². The monoisotopic (exact) mass is 547 g/mol. The lowest BCUT2D eigenvalue weighted by atomic mass is 10.1.